The van der Waals surface area contributed by atoms with Gasteiger partial charge in [0.1, 0.15) is 0 Å². The van der Waals surface area contributed by atoms with E-state index in [4.69, 9.17) is 10.5 Å². The Balaban J connectivity index is 2.14. The first-order valence-electron chi connectivity index (χ1n) is 5.77. The summed E-state index contributed by atoms with van der Waals surface area (Å²) in [4.78, 5) is 2.33. The van der Waals surface area contributed by atoms with Gasteiger partial charge in [-0.3, -0.25) is 4.90 Å². The number of fused-ring (bicyclic) bond motifs is 1. The van der Waals surface area contributed by atoms with Crippen LogP contribution in [0.1, 0.15) is 29.6 Å². The molecule has 1 aromatic rings. The summed E-state index contributed by atoms with van der Waals surface area (Å²) in [5.41, 5.74) is 8.83. The van der Waals surface area contributed by atoms with Gasteiger partial charge in [0.2, 0.25) is 0 Å². The summed E-state index contributed by atoms with van der Waals surface area (Å²) >= 11 is 0. The molecule has 0 saturated heterocycles. The van der Waals surface area contributed by atoms with Crippen molar-refractivity contribution in [3.63, 3.8) is 0 Å². The molecular weight excluding hydrogens is 200 g/mol. The Morgan fingerprint density at radius 2 is 2.06 bits per heavy atom. The van der Waals surface area contributed by atoms with Crippen molar-refractivity contribution < 1.29 is 4.74 Å². The molecule has 0 bridgehead atoms. The van der Waals surface area contributed by atoms with Crippen LogP contribution in [0.3, 0.4) is 0 Å². The lowest BCUT2D eigenvalue weighted by Crippen LogP contribution is -2.27. The molecule has 3 heteroatoms. The molecule has 2 rings (SSSR count). The molecule has 0 aliphatic heterocycles. The van der Waals surface area contributed by atoms with Crippen LogP contribution in [-0.2, 0) is 4.74 Å². The van der Waals surface area contributed by atoms with Crippen LogP contribution in [-0.4, -0.2) is 32.2 Å². The van der Waals surface area contributed by atoms with Crippen LogP contribution in [0.4, 0.5) is 0 Å². The lowest BCUT2D eigenvalue weighted by atomic mass is 10.1. The van der Waals surface area contributed by atoms with E-state index in [9.17, 15) is 0 Å². The zero-order valence-electron chi connectivity index (χ0n) is 10.0. The standard InChI is InChI=1S/C13H20N2O/c1-15(7-8-16-2)13-9-12(14)10-5-3-4-6-11(10)13/h3-6,12-13H,7-9,14H2,1-2H3. The predicted octanol–water partition coefficient (Wildman–Crippen LogP) is 1.71. The number of hydrogen-bond acceptors (Lipinski definition) is 3. The van der Waals surface area contributed by atoms with Crippen LogP contribution in [0.15, 0.2) is 24.3 Å². The summed E-state index contributed by atoms with van der Waals surface area (Å²) in [6, 6.07) is 9.12. The van der Waals surface area contributed by atoms with E-state index in [0.29, 0.717) is 6.04 Å². The number of methoxy groups -OCH3 is 1. The molecule has 0 spiro atoms. The Morgan fingerprint density at radius 3 is 2.75 bits per heavy atom. The molecule has 1 aromatic carbocycles. The fourth-order valence-electron chi connectivity index (χ4n) is 2.45. The molecule has 16 heavy (non-hydrogen) atoms. The number of nitrogens with two attached hydrogens (primary N) is 1. The van der Waals surface area contributed by atoms with Gasteiger partial charge < -0.3 is 10.5 Å². The maximum Gasteiger partial charge on any atom is 0.0589 e. The quantitative estimate of drug-likeness (QED) is 0.839. The number of hydrogen-bond donors (Lipinski definition) is 1. The van der Waals surface area contributed by atoms with Gasteiger partial charge in [0.05, 0.1) is 6.61 Å². The molecule has 1 aliphatic rings. The highest BCUT2D eigenvalue weighted by Gasteiger charge is 2.30. The molecule has 2 N–H and O–H groups in total. The van der Waals surface area contributed by atoms with Gasteiger partial charge in [-0.1, -0.05) is 24.3 Å². The van der Waals surface area contributed by atoms with Crippen molar-refractivity contribution in [3.05, 3.63) is 35.4 Å². The van der Waals surface area contributed by atoms with Gasteiger partial charge in [-0.2, -0.15) is 0 Å². The fourth-order valence-corrected chi connectivity index (χ4v) is 2.45. The third-order valence-corrected chi connectivity index (χ3v) is 3.41. The lowest BCUT2D eigenvalue weighted by Gasteiger charge is -2.24. The fraction of sp³-hybridized carbons (Fsp3) is 0.538. The zero-order valence-corrected chi connectivity index (χ0v) is 10.0. The highest BCUT2D eigenvalue weighted by atomic mass is 16.5. The summed E-state index contributed by atoms with van der Waals surface area (Å²) in [5, 5.41) is 0. The van der Waals surface area contributed by atoms with Gasteiger partial charge in [0.25, 0.3) is 0 Å². The van der Waals surface area contributed by atoms with E-state index < -0.39 is 0 Å². The topological polar surface area (TPSA) is 38.5 Å². The maximum atomic E-state index is 6.15. The van der Waals surface area contributed by atoms with E-state index in [0.717, 1.165) is 19.6 Å². The van der Waals surface area contributed by atoms with Gasteiger partial charge >= 0.3 is 0 Å². The van der Waals surface area contributed by atoms with E-state index in [-0.39, 0.29) is 6.04 Å². The summed E-state index contributed by atoms with van der Waals surface area (Å²) < 4.78 is 5.11. The number of likely N-dealkylation sites (N-methyl/N-ethyl adjacent to an activating group) is 1. The van der Waals surface area contributed by atoms with Crippen LogP contribution in [0.25, 0.3) is 0 Å². The van der Waals surface area contributed by atoms with Gasteiger partial charge in [-0.05, 0) is 24.6 Å². The minimum Gasteiger partial charge on any atom is -0.383 e. The van der Waals surface area contributed by atoms with Crippen molar-refractivity contribution in [1.82, 2.24) is 4.90 Å². The average Bonchev–Trinajstić information content (AvgIpc) is 2.65. The van der Waals surface area contributed by atoms with Crippen LogP contribution in [0.5, 0.6) is 0 Å². The monoisotopic (exact) mass is 220 g/mol. The maximum absolute atomic E-state index is 6.15. The van der Waals surface area contributed by atoms with Gasteiger partial charge in [-0.15, -0.1) is 0 Å². The molecule has 2 unspecified atom stereocenters. The minimum absolute atomic E-state index is 0.186. The molecule has 0 heterocycles. The van der Waals surface area contributed by atoms with Crippen molar-refractivity contribution in [2.45, 2.75) is 18.5 Å². The van der Waals surface area contributed by atoms with E-state index in [2.05, 4.69) is 36.2 Å². The summed E-state index contributed by atoms with van der Waals surface area (Å²) in [6.07, 6.45) is 1.01. The molecule has 0 amide bonds. The first kappa shape index (κ1) is 11.6. The molecule has 3 nitrogen and oxygen atoms in total. The van der Waals surface area contributed by atoms with Gasteiger partial charge in [0, 0.05) is 25.7 Å². The van der Waals surface area contributed by atoms with Crippen molar-refractivity contribution in [3.8, 4) is 0 Å². The molecule has 0 saturated carbocycles. The number of benzene rings is 1. The lowest BCUT2D eigenvalue weighted by molar-refractivity contribution is 0.137. The van der Waals surface area contributed by atoms with E-state index in [1.165, 1.54) is 11.1 Å². The zero-order chi connectivity index (χ0) is 11.5. The number of nitrogens with zero attached hydrogens (tertiary/aromatic N) is 1. The minimum atomic E-state index is 0.186. The normalized spacial score (nSPS) is 23.8. The van der Waals surface area contributed by atoms with Crippen molar-refractivity contribution in [2.24, 2.45) is 5.73 Å². The van der Waals surface area contributed by atoms with Crippen LogP contribution >= 0.6 is 0 Å². The van der Waals surface area contributed by atoms with Crippen molar-refractivity contribution >= 4 is 0 Å². The van der Waals surface area contributed by atoms with E-state index in [1.54, 1.807) is 7.11 Å². The highest BCUT2D eigenvalue weighted by molar-refractivity contribution is 5.37. The second-order valence-corrected chi connectivity index (χ2v) is 4.46. The Labute approximate surface area is 97.2 Å². The third kappa shape index (κ3) is 2.12. The summed E-state index contributed by atoms with van der Waals surface area (Å²) in [5.74, 6) is 0. The summed E-state index contributed by atoms with van der Waals surface area (Å²) in [7, 11) is 3.88. The largest absolute Gasteiger partial charge is 0.383 e. The average molecular weight is 220 g/mol. The third-order valence-electron chi connectivity index (χ3n) is 3.41. The van der Waals surface area contributed by atoms with Gasteiger partial charge in [0.15, 0.2) is 0 Å². The first-order valence-corrected chi connectivity index (χ1v) is 5.77. The molecule has 0 aromatic heterocycles. The number of ether oxygens (including phenoxy) is 1. The van der Waals surface area contributed by atoms with Crippen LogP contribution in [0, 0.1) is 0 Å². The summed E-state index contributed by atoms with van der Waals surface area (Å²) in [6.45, 7) is 1.71. The van der Waals surface area contributed by atoms with Crippen molar-refractivity contribution in [2.75, 3.05) is 27.3 Å². The second kappa shape index (κ2) is 4.95. The highest BCUT2D eigenvalue weighted by Crippen LogP contribution is 2.39. The predicted molar refractivity (Wildman–Crippen MR) is 65.2 cm³/mol. The molecule has 1 aliphatic carbocycles. The van der Waals surface area contributed by atoms with Crippen LogP contribution in [0.2, 0.25) is 0 Å². The molecule has 88 valence electrons. The first-order chi connectivity index (χ1) is 7.74. The second-order valence-electron chi connectivity index (χ2n) is 4.46. The van der Waals surface area contributed by atoms with Crippen LogP contribution < -0.4 is 5.73 Å². The molecule has 2 atom stereocenters. The van der Waals surface area contributed by atoms with E-state index >= 15 is 0 Å². The molecule has 0 fully saturated rings. The Kier molecular flexibility index (Phi) is 3.59. The molecular formula is C13H20N2O. The Hall–Kier alpha value is -0.900. The Bertz CT molecular complexity index is 354. The Morgan fingerprint density at radius 1 is 1.38 bits per heavy atom. The van der Waals surface area contributed by atoms with E-state index in [1.807, 2.05) is 0 Å². The smallest absolute Gasteiger partial charge is 0.0589 e. The number of rotatable bonds is 4. The molecule has 0 radical (unpaired) electrons. The van der Waals surface area contributed by atoms with Crippen molar-refractivity contribution in [1.29, 1.82) is 0 Å². The SMILES string of the molecule is COCCN(C)C1CC(N)c2ccccc21. The van der Waals surface area contributed by atoms with Gasteiger partial charge in [-0.25, -0.2) is 0 Å².